The molecule has 0 aromatic carbocycles. The summed E-state index contributed by atoms with van der Waals surface area (Å²) in [5.41, 5.74) is 1.01. The molecule has 20 heavy (non-hydrogen) atoms. The van der Waals surface area contributed by atoms with Crippen LogP contribution in [0, 0.1) is 5.92 Å². The van der Waals surface area contributed by atoms with Crippen molar-refractivity contribution >= 4 is 11.8 Å². The van der Waals surface area contributed by atoms with E-state index in [-0.39, 0.29) is 0 Å². The van der Waals surface area contributed by atoms with Crippen LogP contribution in [0.1, 0.15) is 39.1 Å². The van der Waals surface area contributed by atoms with E-state index in [4.69, 9.17) is 4.52 Å². The Labute approximate surface area is 126 Å². The quantitative estimate of drug-likeness (QED) is 0.874. The molecule has 1 fully saturated rings. The zero-order chi connectivity index (χ0) is 14.5. The van der Waals surface area contributed by atoms with Crippen molar-refractivity contribution in [2.45, 2.75) is 52.1 Å². The van der Waals surface area contributed by atoms with Gasteiger partial charge in [0.2, 0.25) is 0 Å². The number of hydrogen-bond acceptors (Lipinski definition) is 5. The van der Waals surface area contributed by atoms with Crippen LogP contribution in [0.4, 0.5) is 0 Å². The first-order valence-corrected chi connectivity index (χ1v) is 8.62. The van der Waals surface area contributed by atoms with E-state index < -0.39 is 0 Å². The van der Waals surface area contributed by atoms with Crippen LogP contribution >= 0.6 is 11.8 Å². The Hall–Kier alpha value is -0.520. The third-order valence-corrected chi connectivity index (χ3v) is 5.18. The molecule has 1 N–H and O–H groups in total. The molecule has 1 aromatic heterocycles. The summed E-state index contributed by atoms with van der Waals surface area (Å²) in [5, 5.41) is 8.24. The third-order valence-electron chi connectivity index (χ3n) is 3.84. The Bertz CT molecular complexity index is 408. The van der Waals surface area contributed by atoms with Crippen LogP contribution in [0.5, 0.6) is 0 Å². The molecule has 1 aliphatic heterocycles. The molecule has 2 heterocycles. The van der Waals surface area contributed by atoms with E-state index >= 15 is 0 Å². The molecule has 0 bridgehead atoms. The van der Waals surface area contributed by atoms with Gasteiger partial charge in [0, 0.05) is 36.2 Å². The zero-order valence-corrected chi connectivity index (χ0v) is 13.9. The number of hydrogen-bond donors (Lipinski definition) is 1. The zero-order valence-electron chi connectivity index (χ0n) is 13.1. The van der Waals surface area contributed by atoms with Crippen molar-refractivity contribution in [2.24, 2.45) is 5.92 Å². The molecule has 2 atom stereocenters. The standard InChI is InChI=1S/C15H27N3OS/c1-11(2)8-16-9-14-7-15(19-17-14)10-18-5-6-20-13(4)12(18)3/h7,11-13,16H,5-6,8-10H2,1-4H3. The molecule has 2 rings (SSSR count). The van der Waals surface area contributed by atoms with Gasteiger partial charge in [0.1, 0.15) is 0 Å². The fraction of sp³-hybridized carbons (Fsp3) is 0.800. The summed E-state index contributed by atoms with van der Waals surface area (Å²) < 4.78 is 5.47. The van der Waals surface area contributed by atoms with Crippen LogP contribution in [0.15, 0.2) is 10.6 Å². The van der Waals surface area contributed by atoms with Gasteiger partial charge in [-0.05, 0) is 19.4 Å². The molecule has 0 saturated carbocycles. The highest BCUT2D eigenvalue weighted by atomic mass is 32.2. The Morgan fingerprint density at radius 1 is 1.50 bits per heavy atom. The maximum atomic E-state index is 5.47. The maximum absolute atomic E-state index is 5.47. The van der Waals surface area contributed by atoms with Gasteiger partial charge in [0.15, 0.2) is 5.76 Å². The first-order valence-electron chi connectivity index (χ1n) is 7.57. The number of nitrogens with one attached hydrogen (secondary N) is 1. The molecule has 1 aliphatic rings. The predicted molar refractivity (Wildman–Crippen MR) is 84.8 cm³/mol. The second-order valence-corrected chi connectivity index (χ2v) is 7.58. The van der Waals surface area contributed by atoms with Crippen LogP contribution in [-0.2, 0) is 13.1 Å². The Morgan fingerprint density at radius 2 is 2.30 bits per heavy atom. The van der Waals surface area contributed by atoms with Crippen molar-refractivity contribution in [1.82, 2.24) is 15.4 Å². The maximum Gasteiger partial charge on any atom is 0.151 e. The second kappa shape index (κ2) is 7.48. The van der Waals surface area contributed by atoms with Crippen molar-refractivity contribution in [1.29, 1.82) is 0 Å². The largest absolute Gasteiger partial charge is 0.360 e. The first kappa shape index (κ1) is 15.9. The molecular weight excluding hydrogens is 270 g/mol. The monoisotopic (exact) mass is 297 g/mol. The number of thioether (sulfide) groups is 1. The molecule has 5 heteroatoms. The predicted octanol–water partition coefficient (Wildman–Crippen LogP) is 2.75. The normalized spacial score (nSPS) is 24.4. The van der Waals surface area contributed by atoms with Gasteiger partial charge in [0.25, 0.3) is 0 Å². The number of nitrogens with zero attached hydrogens (tertiary/aromatic N) is 2. The smallest absolute Gasteiger partial charge is 0.151 e. The average molecular weight is 297 g/mol. The minimum absolute atomic E-state index is 0.598. The van der Waals surface area contributed by atoms with Crippen LogP contribution in [0.25, 0.3) is 0 Å². The highest BCUT2D eigenvalue weighted by molar-refractivity contribution is 8.00. The van der Waals surface area contributed by atoms with Gasteiger partial charge < -0.3 is 9.84 Å². The summed E-state index contributed by atoms with van der Waals surface area (Å²) in [5.74, 6) is 2.86. The Kier molecular flexibility index (Phi) is 5.93. The lowest BCUT2D eigenvalue weighted by atomic mass is 10.2. The van der Waals surface area contributed by atoms with E-state index in [1.54, 1.807) is 0 Å². The summed E-state index contributed by atoms with van der Waals surface area (Å²) in [4.78, 5) is 2.49. The lowest BCUT2D eigenvalue weighted by Gasteiger charge is -2.36. The summed E-state index contributed by atoms with van der Waals surface area (Å²) >= 11 is 2.06. The van der Waals surface area contributed by atoms with Crippen molar-refractivity contribution in [3.05, 3.63) is 17.5 Å². The molecule has 1 aromatic rings. The molecular formula is C15H27N3OS. The minimum Gasteiger partial charge on any atom is -0.360 e. The molecule has 0 aliphatic carbocycles. The van der Waals surface area contributed by atoms with Crippen molar-refractivity contribution in [3.63, 3.8) is 0 Å². The highest BCUT2D eigenvalue weighted by Crippen LogP contribution is 2.25. The second-order valence-electron chi connectivity index (χ2n) is 6.10. The van der Waals surface area contributed by atoms with Crippen LogP contribution < -0.4 is 5.32 Å². The topological polar surface area (TPSA) is 41.3 Å². The van der Waals surface area contributed by atoms with Crippen molar-refractivity contribution < 1.29 is 4.52 Å². The molecule has 0 spiro atoms. The van der Waals surface area contributed by atoms with Crippen LogP contribution in [0.2, 0.25) is 0 Å². The fourth-order valence-corrected chi connectivity index (χ4v) is 3.58. The van der Waals surface area contributed by atoms with Gasteiger partial charge in [-0.2, -0.15) is 11.8 Å². The molecule has 0 radical (unpaired) electrons. The van der Waals surface area contributed by atoms with E-state index in [2.05, 4.69) is 60.9 Å². The van der Waals surface area contributed by atoms with E-state index in [1.807, 2.05) is 0 Å². The van der Waals surface area contributed by atoms with Crippen LogP contribution in [-0.4, -0.2) is 40.2 Å². The lowest BCUT2D eigenvalue weighted by Crippen LogP contribution is -2.43. The van der Waals surface area contributed by atoms with Crippen molar-refractivity contribution in [2.75, 3.05) is 18.8 Å². The van der Waals surface area contributed by atoms with Gasteiger partial charge in [-0.1, -0.05) is 25.9 Å². The Balaban J connectivity index is 1.83. The summed E-state index contributed by atoms with van der Waals surface area (Å²) in [6.07, 6.45) is 0. The molecule has 1 saturated heterocycles. The summed E-state index contributed by atoms with van der Waals surface area (Å²) in [6, 6.07) is 2.69. The average Bonchev–Trinajstić information content (AvgIpc) is 2.82. The molecule has 114 valence electrons. The number of rotatable bonds is 6. The van der Waals surface area contributed by atoms with Crippen LogP contribution in [0.3, 0.4) is 0 Å². The first-order chi connectivity index (χ1) is 9.56. The van der Waals surface area contributed by atoms with Gasteiger partial charge >= 0.3 is 0 Å². The number of aromatic nitrogens is 1. The van der Waals surface area contributed by atoms with Gasteiger partial charge in [-0.25, -0.2) is 0 Å². The SMILES string of the molecule is CC(C)CNCc1cc(CN2CCSC(C)C2C)on1. The minimum atomic E-state index is 0.598. The van der Waals surface area contributed by atoms with Gasteiger partial charge in [-0.3, -0.25) is 4.90 Å². The third kappa shape index (κ3) is 4.50. The van der Waals surface area contributed by atoms with E-state index in [0.29, 0.717) is 17.2 Å². The van der Waals surface area contributed by atoms with Crippen molar-refractivity contribution in [3.8, 4) is 0 Å². The van der Waals surface area contributed by atoms with E-state index in [9.17, 15) is 0 Å². The lowest BCUT2D eigenvalue weighted by molar-refractivity contribution is 0.181. The summed E-state index contributed by atoms with van der Waals surface area (Å²) in [7, 11) is 0. The molecule has 4 nitrogen and oxygen atoms in total. The fourth-order valence-electron chi connectivity index (χ4n) is 2.42. The molecule has 2 unspecified atom stereocenters. The summed E-state index contributed by atoms with van der Waals surface area (Å²) in [6.45, 7) is 12.8. The molecule has 0 amide bonds. The Morgan fingerprint density at radius 3 is 3.05 bits per heavy atom. The van der Waals surface area contributed by atoms with E-state index in [1.165, 1.54) is 5.75 Å². The van der Waals surface area contributed by atoms with Gasteiger partial charge in [0.05, 0.1) is 12.2 Å². The van der Waals surface area contributed by atoms with Gasteiger partial charge in [-0.15, -0.1) is 0 Å². The van der Waals surface area contributed by atoms with E-state index in [0.717, 1.165) is 37.6 Å². The highest BCUT2D eigenvalue weighted by Gasteiger charge is 2.25.